The van der Waals surface area contributed by atoms with E-state index in [9.17, 15) is 0 Å². The highest BCUT2D eigenvalue weighted by molar-refractivity contribution is 6.71. The van der Waals surface area contributed by atoms with Gasteiger partial charge in [0.1, 0.15) is 0 Å². The highest BCUT2D eigenvalue weighted by Gasteiger charge is 2.22. The first kappa shape index (κ1) is 10.1. The second-order valence-electron chi connectivity index (χ2n) is 3.34. The maximum atomic E-state index is 5.79. The van der Waals surface area contributed by atoms with Crippen molar-refractivity contribution < 1.29 is 4.43 Å². The Morgan fingerprint density at radius 1 is 1.50 bits per heavy atom. The Morgan fingerprint density at radius 2 is 2.00 bits per heavy atom. The van der Waals surface area contributed by atoms with Gasteiger partial charge in [-0.2, -0.15) is 0 Å². The van der Waals surface area contributed by atoms with Crippen molar-refractivity contribution in [2.45, 2.75) is 38.5 Å². The van der Waals surface area contributed by atoms with Crippen LogP contribution >= 0.6 is 0 Å². The Morgan fingerprint density at radius 3 is 2.30 bits per heavy atom. The molecule has 0 spiro atoms. The van der Waals surface area contributed by atoms with Crippen molar-refractivity contribution in [1.82, 2.24) is 0 Å². The SMILES string of the molecule is CCC(N)C[Si](C)(C)OC. The van der Waals surface area contributed by atoms with E-state index in [-0.39, 0.29) is 0 Å². The van der Waals surface area contributed by atoms with Gasteiger partial charge in [0.2, 0.25) is 0 Å². The van der Waals surface area contributed by atoms with Crippen LogP contribution in [-0.2, 0) is 4.43 Å². The van der Waals surface area contributed by atoms with Gasteiger partial charge in [0.15, 0.2) is 8.32 Å². The topological polar surface area (TPSA) is 35.2 Å². The van der Waals surface area contributed by atoms with Crippen LogP contribution in [0.2, 0.25) is 19.1 Å². The summed E-state index contributed by atoms with van der Waals surface area (Å²) in [5.74, 6) is 0. The quantitative estimate of drug-likeness (QED) is 0.635. The van der Waals surface area contributed by atoms with Crippen LogP contribution in [0, 0.1) is 0 Å². The van der Waals surface area contributed by atoms with Gasteiger partial charge in [0.05, 0.1) is 0 Å². The third-order valence-electron chi connectivity index (χ3n) is 1.83. The molecule has 0 aromatic heterocycles. The second kappa shape index (κ2) is 4.11. The van der Waals surface area contributed by atoms with Gasteiger partial charge < -0.3 is 10.2 Å². The van der Waals surface area contributed by atoms with Crippen LogP contribution in [0.25, 0.3) is 0 Å². The molecule has 0 aliphatic carbocycles. The summed E-state index contributed by atoms with van der Waals surface area (Å²) >= 11 is 0. The number of rotatable bonds is 4. The predicted octanol–water partition coefficient (Wildman–Crippen LogP) is 1.58. The highest BCUT2D eigenvalue weighted by atomic mass is 28.4. The molecule has 62 valence electrons. The van der Waals surface area contributed by atoms with Gasteiger partial charge in [-0.3, -0.25) is 0 Å². The Bertz CT molecular complexity index is 95.6. The van der Waals surface area contributed by atoms with E-state index in [1.807, 2.05) is 0 Å². The first-order valence-electron chi connectivity index (χ1n) is 3.82. The molecule has 0 fully saturated rings. The lowest BCUT2D eigenvalue weighted by Gasteiger charge is -2.22. The molecule has 1 unspecified atom stereocenters. The van der Waals surface area contributed by atoms with Crippen molar-refractivity contribution in [3.05, 3.63) is 0 Å². The zero-order valence-electron chi connectivity index (χ0n) is 7.48. The minimum absolute atomic E-state index is 0.335. The third-order valence-corrected chi connectivity index (χ3v) is 4.44. The van der Waals surface area contributed by atoms with Crippen molar-refractivity contribution in [2.75, 3.05) is 7.11 Å². The summed E-state index contributed by atoms with van der Waals surface area (Å²) in [6, 6.07) is 1.40. The molecule has 0 aliphatic rings. The molecule has 3 heteroatoms. The van der Waals surface area contributed by atoms with E-state index in [4.69, 9.17) is 10.2 Å². The molecule has 0 rings (SSSR count). The summed E-state index contributed by atoms with van der Waals surface area (Å²) in [4.78, 5) is 0. The molecule has 0 amide bonds. The Balaban J connectivity index is 3.64. The molecular formula is C7H19NOSi. The fraction of sp³-hybridized carbons (Fsp3) is 1.00. The minimum atomic E-state index is -1.39. The van der Waals surface area contributed by atoms with Gasteiger partial charge in [-0.1, -0.05) is 6.92 Å². The first-order chi connectivity index (χ1) is 4.52. The van der Waals surface area contributed by atoms with E-state index in [1.165, 1.54) is 0 Å². The minimum Gasteiger partial charge on any atom is -0.420 e. The predicted molar refractivity (Wildman–Crippen MR) is 47.6 cm³/mol. The molecule has 10 heavy (non-hydrogen) atoms. The van der Waals surface area contributed by atoms with E-state index in [0.29, 0.717) is 6.04 Å². The molecule has 2 nitrogen and oxygen atoms in total. The summed E-state index contributed by atoms with van der Waals surface area (Å²) in [7, 11) is 0.400. The van der Waals surface area contributed by atoms with Crippen molar-refractivity contribution in [3.8, 4) is 0 Å². The van der Waals surface area contributed by atoms with E-state index in [1.54, 1.807) is 7.11 Å². The molecule has 0 heterocycles. The summed E-state index contributed by atoms with van der Waals surface area (Å²) in [5, 5.41) is 0. The summed E-state index contributed by atoms with van der Waals surface area (Å²) in [6.45, 7) is 6.51. The molecule has 0 aliphatic heterocycles. The molecule has 0 saturated carbocycles. The van der Waals surface area contributed by atoms with E-state index < -0.39 is 8.32 Å². The van der Waals surface area contributed by atoms with Crippen LogP contribution in [0.1, 0.15) is 13.3 Å². The lowest BCUT2D eigenvalue weighted by molar-refractivity contribution is 0.398. The van der Waals surface area contributed by atoms with Crippen LogP contribution in [-0.4, -0.2) is 21.5 Å². The summed E-state index contributed by atoms with van der Waals surface area (Å²) in [6.07, 6.45) is 1.06. The fourth-order valence-electron chi connectivity index (χ4n) is 0.859. The fourth-order valence-corrected chi connectivity index (χ4v) is 2.58. The smallest absolute Gasteiger partial charge is 0.187 e. The third kappa shape index (κ3) is 4.03. The van der Waals surface area contributed by atoms with E-state index in [0.717, 1.165) is 12.5 Å². The van der Waals surface area contributed by atoms with Crippen LogP contribution in [0.4, 0.5) is 0 Å². The standard InChI is InChI=1S/C7H19NOSi/c1-5-7(8)6-10(3,4)9-2/h7H,5-6,8H2,1-4H3. The number of hydrogen-bond donors (Lipinski definition) is 1. The average molecular weight is 161 g/mol. The molecule has 1 atom stereocenters. The van der Waals surface area contributed by atoms with Crippen LogP contribution in [0.3, 0.4) is 0 Å². The molecule has 2 N–H and O–H groups in total. The van der Waals surface area contributed by atoms with Gasteiger partial charge >= 0.3 is 0 Å². The maximum absolute atomic E-state index is 5.79. The largest absolute Gasteiger partial charge is 0.420 e. The van der Waals surface area contributed by atoms with Gasteiger partial charge in [-0.05, 0) is 25.6 Å². The molecule has 0 bridgehead atoms. The van der Waals surface area contributed by atoms with Crippen LogP contribution < -0.4 is 5.73 Å². The maximum Gasteiger partial charge on any atom is 0.187 e. The summed E-state index contributed by atoms with van der Waals surface area (Å²) in [5.41, 5.74) is 5.79. The van der Waals surface area contributed by atoms with Crippen LogP contribution in [0.5, 0.6) is 0 Å². The van der Waals surface area contributed by atoms with E-state index in [2.05, 4.69) is 20.0 Å². The number of nitrogens with two attached hydrogens (primary N) is 1. The van der Waals surface area contributed by atoms with Crippen LogP contribution in [0.15, 0.2) is 0 Å². The van der Waals surface area contributed by atoms with Crippen molar-refractivity contribution in [3.63, 3.8) is 0 Å². The molecular weight excluding hydrogens is 142 g/mol. The van der Waals surface area contributed by atoms with E-state index >= 15 is 0 Å². The van der Waals surface area contributed by atoms with Crippen molar-refractivity contribution >= 4 is 8.32 Å². The zero-order valence-corrected chi connectivity index (χ0v) is 8.48. The summed E-state index contributed by atoms with van der Waals surface area (Å²) < 4.78 is 5.37. The monoisotopic (exact) mass is 161 g/mol. The van der Waals surface area contributed by atoms with Gasteiger partial charge in [0.25, 0.3) is 0 Å². The Hall–Kier alpha value is 0.137. The Labute approximate surface area is 64.9 Å². The van der Waals surface area contributed by atoms with Gasteiger partial charge in [-0.25, -0.2) is 0 Å². The normalized spacial score (nSPS) is 15.3. The zero-order chi connectivity index (χ0) is 8.20. The molecule has 0 aromatic carbocycles. The average Bonchev–Trinajstić information content (AvgIpc) is 1.87. The second-order valence-corrected chi connectivity index (χ2v) is 7.67. The van der Waals surface area contributed by atoms with Gasteiger partial charge in [0, 0.05) is 13.2 Å². The first-order valence-corrected chi connectivity index (χ1v) is 6.94. The molecule has 0 radical (unpaired) electrons. The number of hydrogen-bond acceptors (Lipinski definition) is 2. The lowest BCUT2D eigenvalue weighted by atomic mass is 10.3. The van der Waals surface area contributed by atoms with Crippen molar-refractivity contribution in [2.24, 2.45) is 5.73 Å². The molecule has 0 saturated heterocycles. The Kier molecular flexibility index (Phi) is 4.16. The molecule has 0 aromatic rings. The van der Waals surface area contributed by atoms with Crippen molar-refractivity contribution in [1.29, 1.82) is 0 Å². The lowest BCUT2D eigenvalue weighted by Crippen LogP contribution is -2.36. The highest BCUT2D eigenvalue weighted by Crippen LogP contribution is 2.12. The van der Waals surface area contributed by atoms with Gasteiger partial charge in [-0.15, -0.1) is 0 Å².